The van der Waals surface area contributed by atoms with Crippen molar-refractivity contribution in [1.29, 1.82) is 0 Å². The number of hydrogen-bond acceptors (Lipinski definition) is 5. The first-order valence-corrected chi connectivity index (χ1v) is 9.36. The van der Waals surface area contributed by atoms with Crippen LogP contribution in [-0.4, -0.2) is 25.3 Å². The Morgan fingerprint density at radius 1 is 1.04 bits per heavy atom. The average Bonchev–Trinajstić information content (AvgIpc) is 2.59. The molecule has 0 aliphatic carbocycles. The fourth-order valence-corrected chi connectivity index (χ4v) is 3.36. The van der Waals surface area contributed by atoms with Gasteiger partial charge in [0.05, 0.1) is 11.5 Å². The molecule has 4 nitrogen and oxygen atoms in total. The lowest BCUT2D eigenvalue weighted by Gasteiger charge is -2.14. The minimum absolute atomic E-state index is 0.0537. The van der Waals surface area contributed by atoms with E-state index in [-0.39, 0.29) is 12.4 Å². The van der Waals surface area contributed by atoms with Crippen molar-refractivity contribution in [3.8, 4) is 5.75 Å². The van der Waals surface area contributed by atoms with Crippen molar-refractivity contribution in [3.63, 3.8) is 0 Å². The van der Waals surface area contributed by atoms with Gasteiger partial charge in [-0.3, -0.25) is 0 Å². The van der Waals surface area contributed by atoms with E-state index in [2.05, 4.69) is 6.58 Å². The first-order chi connectivity index (χ1) is 12.2. The van der Waals surface area contributed by atoms with Crippen LogP contribution in [0.2, 0.25) is 0 Å². The highest BCUT2D eigenvalue weighted by molar-refractivity contribution is 7.99. The zero-order chi connectivity index (χ0) is 19.5. The number of thioether (sulfide) groups is 1. The number of halogens is 4. The van der Waals surface area contributed by atoms with Crippen LogP contribution in [0.4, 0.5) is 17.6 Å². The van der Waals surface area contributed by atoms with E-state index in [4.69, 9.17) is 4.74 Å². The van der Waals surface area contributed by atoms with Crippen LogP contribution in [0, 0.1) is 23.3 Å². The maximum Gasteiger partial charge on any atom is 0.180 e. The summed E-state index contributed by atoms with van der Waals surface area (Å²) in [6.07, 6.45) is 1.63. The topological polar surface area (TPSA) is 66.4 Å². The predicted octanol–water partition coefficient (Wildman–Crippen LogP) is 3.96. The first-order valence-electron chi connectivity index (χ1n) is 6.96. The minimum Gasteiger partial charge on any atom is -0.744 e. The van der Waals surface area contributed by atoms with E-state index in [0.29, 0.717) is 17.5 Å². The van der Waals surface area contributed by atoms with Crippen LogP contribution in [-0.2, 0) is 10.1 Å². The van der Waals surface area contributed by atoms with Gasteiger partial charge < -0.3 is 9.29 Å². The Labute approximate surface area is 151 Å². The van der Waals surface area contributed by atoms with Gasteiger partial charge in [0.1, 0.15) is 20.8 Å². The molecular formula is C16H11F4O4S2-. The molecule has 0 radical (unpaired) electrons. The Kier molecular flexibility index (Phi) is 6.32. The van der Waals surface area contributed by atoms with Crippen molar-refractivity contribution >= 4 is 28.0 Å². The van der Waals surface area contributed by atoms with Crippen molar-refractivity contribution in [3.05, 3.63) is 59.7 Å². The third-order valence-electron chi connectivity index (χ3n) is 3.15. The molecule has 0 saturated heterocycles. The summed E-state index contributed by atoms with van der Waals surface area (Å²) in [5.41, 5.74) is 0.857. The van der Waals surface area contributed by atoms with Crippen LogP contribution in [0.1, 0.15) is 5.56 Å². The summed E-state index contributed by atoms with van der Waals surface area (Å²) < 4.78 is 92.4. The van der Waals surface area contributed by atoms with Crippen LogP contribution < -0.4 is 4.74 Å². The summed E-state index contributed by atoms with van der Waals surface area (Å²) in [7, 11) is -5.71. The molecule has 0 fully saturated rings. The Balaban J connectivity index is 2.11. The van der Waals surface area contributed by atoms with Crippen LogP contribution in [0.25, 0.3) is 6.08 Å². The van der Waals surface area contributed by atoms with Crippen molar-refractivity contribution in [2.75, 3.05) is 12.4 Å². The predicted molar refractivity (Wildman–Crippen MR) is 87.0 cm³/mol. The summed E-state index contributed by atoms with van der Waals surface area (Å²) in [5, 5.41) is 0. The third-order valence-corrected chi connectivity index (χ3v) is 5.02. The number of rotatable bonds is 7. The molecule has 0 N–H and O–H groups in total. The van der Waals surface area contributed by atoms with Crippen LogP contribution in [0.5, 0.6) is 5.75 Å². The van der Waals surface area contributed by atoms with Crippen molar-refractivity contribution in [2.45, 2.75) is 9.79 Å². The molecule has 26 heavy (non-hydrogen) atoms. The highest BCUT2D eigenvalue weighted by atomic mass is 32.2. The molecule has 0 atom stereocenters. The largest absolute Gasteiger partial charge is 0.744 e. The lowest BCUT2D eigenvalue weighted by molar-refractivity contribution is 0.343. The molecule has 10 heteroatoms. The smallest absolute Gasteiger partial charge is 0.180 e. The lowest BCUT2D eigenvalue weighted by Crippen LogP contribution is -2.12. The Morgan fingerprint density at radius 2 is 1.58 bits per heavy atom. The maximum atomic E-state index is 13.8. The molecule has 0 unspecified atom stereocenters. The van der Waals surface area contributed by atoms with E-state index in [1.165, 1.54) is 0 Å². The zero-order valence-electron chi connectivity index (χ0n) is 13.0. The van der Waals surface area contributed by atoms with Crippen molar-refractivity contribution < 1.29 is 35.3 Å². The normalized spacial score (nSPS) is 11.4. The van der Waals surface area contributed by atoms with E-state index < -0.39 is 43.2 Å². The van der Waals surface area contributed by atoms with Crippen LogP contribution in [0.15, 0.2) is 40.6 Å². The summed E-state index contributed by atoms with van der Waals surface area (Å²) in [4.78, 5) is -3.24. The molecule has 140 valence electrons. The van der Waals surface area contributed by atoms with Crippen LogP contribution >= 0.6 is 11.8 Å². The van der Waals surface area contributed by atoms with Gasteiger partial charge in [-0.1, -0.05) is 24.8 Å². The Morgan fingerprint density at radius 3 is 2.04 bits per heavy atom. The molecule has 2 aromatic carbocycles. The molecule has 0 aliphatic rings. The van der Waals surface area contributed by atoms with Gasteiger partial charge in [-0.2, -0.15) is 0 Å². The fourth-order valence-electron chi connectivity index (χ4n) is 1.94. The lowest BCUT2D eigenvalue weighted by atomic mass is 10.2. The standard InChI is InChI=1S/C16H12F4O4S2/c1-2-9-3-5-10(6-4-9)24-7-8-25-15-11(17)13(19)16(26(21,22)23)14(20)12(15)18/h2-6H,1,7-8H2,(H,21,22,23)/p-1. The summed E-state index contributed by atoms with van der Waals surface area (Å²) in [6.45, 7) is 3.53. The zero-order valence-corrected chi connectivity index (χ0v) is 14.6. The number of ether oxygens (including phenoxy) is 1. The molecule has 0 amide bonds. The summed E-state index contributed by atoms with van der Waals surface area (Å²) >= 11 is 0.380. The van der Waals surface area contributed by atoms with E-state index in [9.17, 15) is 30.5 Å². The molecule has 0 bridgehead atoms. The average molecular weight is 407 g/mol. The van der Waals surface area contributed by atoms with Crippen molar-refractivity contribution in [2.24, 2.45) is 0 Å². The fraction of sp³-hybridized carbons (Fsp3) is 0.125. The third kappa shape index (κ3) is 4.37. The highest BCUT2D eigenvalue weighted by Gasteiger charge is 2.28. The maximum absolute atomic E-state index is 13.8. The number of benzene rings is 2. The van der Waals surface area contributed by atoms with E-state index >= 15 is 0 Å². The van der Waals surface area contributed by atoms with Crippen molar-refractivity contribution in [1.82, 2.24) is 0 Å². The van der Waals surface area contributed by atoms with E-state index in [1.807, 2.05) is 0 Å². The van der Waals surface area contributed by atoms with Gasteiger partial charge in [-0.15, -0.1) is 11.8 Å². The van der Waals surface area contributed by atoms with Gasteiger partial charge >= 0.3 is 0 Å². The van der Waals surface area contributed by atoms with Crippen LogP contribution in [0.3, 0.4) is 0 Å². The van der Waals surface area contributed by atoms with Gasteiger partial charge in [0, 0.05) is 5.75 Å². The van der Waals surface area contributed by atoms with Gasteiger partial charge in [0.25, 0.3) is 0 Å². The quantitative estimate of drug-likeness (QED) is 0.229. The molecule has 2 rings (SSSR count). The monoisotopic (exact) mass is 407 g/mol. The molecule has 0 spiro atoms. The number of hydrogen-bond donors (Lipinski definition) is 0. The summed E-state index contributed by atoms with van der Waals surface area (Å²) in [6, 6.07) is 6.72. The second kappa shape index (κ2) is 8.11. The van der Waals surface area contributed by atoms with Gasteiger partial charge in [0.15, 0.2) is 23.3 Å². The Bertz CT molecular complexity index is 899. The molecule has 0 saturated carbocycles. The highest BCUT2D eigenvalue weighted by Crippen LogP contribution is 2.33. The second-order valence-corrected chi connectivity index (χ2v) is 7.26. The van der Waals surface area contributed by atoms with Gasteiger partial charge in [-0.05, 0) is 17.7 Å². The molecule has 0 aliphatic heterocycles. The SMILES string of the molecule is C=Cc1ccc(OCCSc2c(F)c(F)c(S(=O)(=O)[O-])c(F)c2F)cc1. The second-order valence-electron chi connectivity index (χ2n) is 4.84. The molecule has 2 aromatic rings. The molecule has 0 aromatic heterocycles. The first kappa shape index (κ1) is 20.3. The van der Waals surface area contributed by atoms with Gasteiger partial charge in [0.2, 0.25) is 0 Å². The van der Waals surface area contributed by atoms with E-state index in [1.54, 1.807) is 30.3 Å². The Hall–Kier alpha value is -2.04. The minimum atomic E-state index is -5.71. The van der Waals surface area contributed by atoms with E-state index in [0.717, 1.165) is 5.56 Å². The summed E-state index contributed by atoms with van der Waals surface area (Å²) in [5.74, 6) is -8.02. The molecule has 0 heterocycles. The van der Waals surface area contributed by atoms with Gasteiger partial charge in [-0.25, -0.2) is 26.0 Å². The molecular weight excluding hydrogens is 396 g/mol.